The van der Waals surface area contributed by atoms with Crippen LogP contribution in [-0.2, 0) is 0 Å². The van der Waals surface area contributed by atoms with Gasteiger partial charge in [0.1, 0.15) is 0 Å². The molecular formula is C20H23N3O2. The number of nitrogens with zero attached hydrogens (tertiary/aromatic N) is 1. The van der Waals surface area contributed by atoms with Crippen LogP contribution in [0.2, 0.25) is 0 Å². The van der Waals surface area contributed by atoms with Crippen LogP contribution in [0.15, 0.2) is 42.5 Å². The molecule has 1 saturated heterocycles. The molecule has 2 aromatic rings. The van der Waals surface area contributed by atoms with Crippen LogP contribution in [0.25, 0.3) is 0 Å². The Hall–Kier alpha value is -2.82. The maximum absolute atomic E-state index is 12.5. The highest BCUT2D eigenvalue weighted by Crippen LogP contribution is 2.28. The molecule has 0 bridgehead atoms. The fraction of sp³-hybridized carbons (Fsp3) is 0.300. The number of piperidine rings is 1. The van der Waals surface area contributed by atoms with Crippen molar-refractivity contribution in [2.75, 3.05) is 23.3 Å². The first-order chi connectivity index (χ1) is 12.1. The highest BCUT2D eigenvalue weighted by molar-refractivity contribution is 6.06. The van der Waals surface area contributed by atoms with Crippen LogP contribution in [0.5, 0.6) is 0 Å². The number of nitrogens with one attached hydrogen (secondary N) is 1. The van der Waals surface area contributed by atoms with Crippen LogP contribution in [0.4, 0.5) is 11.4 Å². The van der Waals surface area contributed by atoms with E-state index in [-0.39, 0.29) is 5.91 Å². The lowest BCUT2D eigenvalue weighted by Gasteiger charge is -2.30. The number of benzene rings is 2. The van der Waals surface area contributed by atoms with Crippen molar-refractivity contribution in [3.8, 4) is 0 Å². The second-order valence-corrected chi connectivity index (χ2v) is 6.41. The molecule has 25 heavy (non-hydrogen) atoms. The Bertz CT molecular complexity index is 795. The van der Waals surface area contributed by atoms with Gasteiger partial charge in [-0.1, -0.05) is 18.2 Å². The van der Waals surface area contributed by atoms with E-state index in [4.69, 9.17) is 5.73 Å². The summed E-state index contributed by atoms with van der Waals surface area (Å²) in [5.41, 5.74) is 9.05. The Kier molecular flexibility index (Phi) is 5.03. The first kappa shape index (κ1) is 17.0. The van der Waals surface area contributed by atoms with Crippen molar-refractivity contribution in [2.45, 2.75) is 26.2 Å². The SMILES string of the molecule is Cc1ccccc1C(=O)Nc1ccc(C(N)=O)c(N2CCCCC2)c1. The van der Waals surface area contributed by atoms with Crippen molar-refractivity contribution in [1.29, 1.82) is 0 Å². The lowest BCUT2D eigenvalue weighted by molar-refractivity contribution is 0.0998. The highest BCUT2D eigenvalue weighted by Gasteiger charge is 2.18. The Morgan fingerprint density at radius 3 is 2.40 bits per heavy atom. The second-order valence-electron chi connectivity index (χ2n) is 6.41. The Morgan fingerprint density at radius 1 is 1.00 bits per heavy atom. The van der Waals surface area contributed by atoms with Gasteiger partial charge >= 0.3 is 0 Å². The molecule has 0 aliphatic carbocycles. The van der Waals surface area contributed by atoms with E-state index in [0.29, 0.717) is 16.8 Å². The van der Waals surface area contributed by atoms with E-state index in [2.05, 4.69) is 10.2 Å². The van der Waals surface area contributed by atoms with Gasteiger partial charge in [-0.15, -0.1) is 0 Å². The summed E-state index contributed by atoms with van der Waals surface area (Å²) in [5.74, 6) is -0.605. The summed E-state index contributed by atoms with van der Waals surface area (Å²) in [6, 6.07) is 12.7. The minimum Gasteiger partial charge on any atom is -0.371 e. The fourth-order valence-electron chi connectivity index (χ4n) is 3.24. The van der Waals surface area contributed by atoms with Gasteiger partial charge in [0.15, 0.2) is 0 Å². The van der Waals surface area contributed by atoms with Crippen LogP contribution < -0.4 is 16.0 Å². The third kappa shape index (κ3) is 3.82. The maximum atomic E-state index is 12.5. The van der Waals surface area contributed by atoms with Gasteiger partial charge in [-0.2, -0.15) is 0 Å². The van der Waals surface area contributed by atoms with Crippen LogP contribution >= 0.6 is 0 Å². The number of rotatable bonds is 4. The average molecular weight is 337 g/mol. The molecular weight excluding hydrogens is 314 g/mol. The van der Waals surface area contributed by atoms with E-state index in [9.17, 15) is 9.59 Å². The number of carbonyl (C=O) groups is 2. The van der Waals surface area contributed by atoms with Crippen molar-refractivity contribution in [3.63, 3.8) is 0 Å². The van der Waals surface area contributed by atoms with E-state index in [1.165, 1.54) is 6.42 Å². The molecule has 0 aromatic heterocycles. The molecule has 5 heteroatoms. The van der Waals surface area contributed by atoms with Gasteiger partial charge in [-0.3, -0.25) is 9.59 Å². The van der Waals surface area contributed by atoms with E-state index in [0.717, 1.165) is 37.2 Å². The molecule has 0 radical (unpaired) electrons. The highest BCUT2D eigenvalue weighted by atomic mass is 16.2. The van der Waals surface area contributed by atoms with Gasteiger partial charge < -0.3 is 16.0 Å². The van der Waals surface area contributed by atoms with E-state index in [1.807, 2.05) is 31.2 Å². The predicted molar refractivity (Wildman–Crippen MR) is 100 cm³/mol. The summed E-state index contributed by atoms with van der Waals surface area (Å²) in [7, 11) is 0. The Morgan fingerprint density at radius 2 is 1.72 bits per heavy atom. The normalized spacial score (nSPS) is 14.2. The van der Waals surface area contributed by atoms with Gasteiger partial charge in [-0.25, -0.2) is 0 Å². The number of aryl methyl sites for hydroxylation is 1. The van der Waals surface area contributed by atoms with Crippen LogP contribution in [0, 0.1) is 6.92 Å². The van der Waals surface area contributed by atoms with Gasteiger partial charge in [0.2, 0.25) is 0 Å². The lowest BCUT2D eigenvalue weighted by atomic mass is 10.1. The topological polar surface area (TPSA) is 75.4 Å². The molecule has 3 N–H and O–H groups in total. The number of carbonyl (C=O) groups excluding carboxylic acids is 2. The van der Waals surface area contributed by atoms with E-state index >= 15 is 0 Å². The molecule has 0 spiro atoms. The summed E-state index contributed by atoms with van der Waals surface area (Å²) in [6.07, 6.45) is 3.39. The summed E-state index contributed by atoms with van der Waals surface area (Å²) >= 11 is 0. The van der Waals surface area contributed by atoms with E-state index in [1.54, 1.807) is 18.2 Å². The van der Waals surface area contributed by atoms with Crippen molar-refractivity contribution < 1.29 is 9.59 Å². The monoisotopic (exact) mass is 337 g/mol. The molecule has 0 atom stereocenters. The first-order valence-corrected chi connectivity index (χ1v) is 8.62. The molecule has 1 aliphatic heterocycles. The van der Waals surface area contributed by atoms with Crippen LogP contribution in [0.1, 0.15) is 45.5 Å². The quantitative estimate of drug-likeness (QED) is 0.898. The third-order valence-electron chi connectivity index (χ3n) is 4.61. The molecule has 1 heterocycles. The molecule has 2 amide bonds. The van der Waals surface area contributed by atoms with Crippen molar-refractivity contribution in [2.24, 2.45) is 5.73 Å². The van der Waals surface area contributed by atoms with Crippen molar-refractivity contribution in [1.82, 2.24) is 0 Å². The number of hydrogen-bond donors (Lipinski definition) is 2. The van der Waals surface area contributed by atoms with Crippen LogP contribution in [-0.4, -0.2) is 24.9 Å². The predicted octanol–water partition coefficient (Wildman–Crippen LogP) is 3.34. The Labute approximate surface area is 147 Å². The summed E-state index contributed by atoms with van der Waals surface area (Å²) < 4.78 is 0. The van der Waals surface area contributed by atoms with Gasteiger partial charge in [0.05, 0.1) is 11.3 Å². The average Bonchev–Trinajstić information content (AvgIpc) is 2.62. The van der Waals surface area contributed by atoms with Crippen molar-refractivity contribution >= 4 is 23.2 Å². The molecule has 2 aromatic carbocycles. The van der Waals surface area contributed by atoms with Gasteiger partial charge in [-0.05, 0) is 56.0 Å². The largest absolute Gasteiger partial charge is 0.371 e. The van der Waals surface area contributed by atoms with Crippen molar-refractivity contribution in [3.05, 3.63) is 59.2 Å². The molecule has 0 saturated carbocycles. The first-order valence-electron chi connectivity index (χ1n) is 8.62. The molecule has 1 aliphatic rings. The summed E-state index contributed by atoms with van der Waals surface area (Å²) in [5, 5.41) is 2.93. The minimum absolute atomic E-state index is 0.158. The number of hydrogen-bond acceptors (Lipinski definition) is 3. The maximum Gasteiger partial charge on any atom is 0.255 e. The van der Waals surface area contributed by atoms with Gasteiger partial charge in [0.25, 0.3) is 11.8 Å². The number of nitrogens with two attached hydrogens (primary N) is 1. The van der Waals surface area contributed by atoms with E-state index < -0.39 is 5.91 Å². The van der Waals surface area contributed by atoms with Crippen LogP contribution in [0.3, 0.4) is 0 Å². The number of anilines is 2. The number of amides is 2. The zero-order chi connectivity index (χ0) is 17.8. The second kappa shape index (κ2) is 7.38. The Balaban J connectivity index is 1.88. The third-order valence-corrected chi connectivity index (χ3v) is 4.61. The summed E-state index contributed by atoms with van der Waals surface area (Å²) in [6.45, 7) is 3.70. The molecule has 5 nitrogen and oxygen atoms in total. The smallest absolute Gasteiger partial charge is 0.255 e. The molecule has 1 fully saturated rings. The lowest BCUT2D eigenvalue weighted by Crippen LogP contribution is -2.31. The molecule has 3 rings (SSSR count). The zero-order valence-corrected chi connectivity index (χ0v) is 14.4. The zero-order valence-electron chi connectivity index (χ0n) is 14.4. The molecule has 130 valence electrons. The van der Waals surface area contributed by atoms with Gasteiger partial charge in [0, 0.05) is 24.3 Å². The minimum atomic E-state index is -0.447. The summed E-state index contributed by atoms with van der Waals surface area (Å²) in [4.78, 5) is 26.5. The standard InChI is InChI=1S/C20H23N3O2/c1-14-7-3-4-8-16(14)20(25)22-15-9-10-17(19(21)24)18(13-15)23-11-5-2-6-12-23/h3-4,7-10,13H,2,5-6,11-12H2,1H3,(H2,21,24)(H,22,25). The number of primary amides is 1. The fourth-order valence-corrected chi connectivity index (χ4v) is 3.24. The molecule has 0 unspecified atom stereocenters.